The zero-order valence-electron chi connectivity index (χ0n) is 13.5. The quantitative estimate of drug-likeness (QED) is 0.650. The molecular formula is C18H30O2. The van der Waals surface area contributed by atoms with Gasteiger partial charge in [0.25, 0.3) is 0 Å². The molecule has 0 aromatic carbocycles. The van der Waals surface area contributed by atoms with Crippen molar-refractivity contribution in [3.63, 3.8) is 0 Å². The van der Waals surface area contributed by atoms with E-state index in [4.69, 9.17) is 4.74 Å². The molecule has 4 rings (SSSR count). The molecule has 2 heteroatoms. The zero-order chi connectivity index (χ0) is 14.5. The van der Waals surface area contributed by atoms with Crippen molar-refractivity contribution in [2.45, 2.75) is 59.8 Å². The highest BCUT2D eigenvalue weighted by Gasteiger charge is 2.84. The molecule has 2 nitrogen and oxygen atoms in total. The Morgan fingerprint density at radius 3 is 2.55 bits per heavy atom. The lowest BCUT2D eigenvalue weighted by molar-refractivity contribution is -0.154. The van der Waals surface area contributed by atoms with Crippen LogP contribution in [0.3, 0.4) is 0 Å². The van der Waals surface area contributed by atoms with Crippen molar-refractivity contribution in [2.75, 3.05) is 6.61 Å². The van der Waals surface area contributed by atoms with Gasteiger partial charge in [-0.2, -0.15) is 0 Å². The normalized spacial score (nSPS) is 45.5. The van der Waals surface area contributed by atoms with Crippen LogP contribution in [0.2, 0.25) is 0 Å². The maximum atomic E-state index is 12.7. The maximum absolute atomic E-state index is 12.7. The number of carbonyl (C=O) groups excluding carboxylic acids is 1. The minimum atomic E-state index is -0.0485. The molecule has 20 heavy (non-hydrogen) atoms. The van der Waals surface area contributed by atoms with Crippen molar-refractivity contribution < 1.29 is 9.53 Å². The van der Waals surface area contributed by atoms with Gasteiger partial charge in [-0.15, -0.1) is 0 Å². The van der Waals surface area contributed by atoms with Crippen LogP contribution in [0.4, 0.5) is 0 Å². The first-order valence-electron chi connectivity index (χ1n) is 8.76. The molecule has 114 valence electrons. The van der Waals surface area contributed by atoms with Gasteiger partial charge in [-0.25, -0.2) is 0 Å². The predicted molar refractivity (Wildman–Crippen MR) is 80.1 cm³/mol. The summed E-state index contributed by atoms with van der Waals surface area (Å²) in [5, 5.41) is 0. The van der Waals surface area contributed by atoms with E-state index < -0.39 is 0 Å². The topological polar surface area (TPSA) is 26.3 Å². The van der Waals surface area contributed by atoms with E-state index in [2.05, 4.69) is 27.7 Å². The number of carbonyl (C=O) groups is 1. The molecule has 0 heterocycles. The van der Waals surface area contributed by atoms with Gasteiger partial charge in [-0.05, 0) is 48.3 Å². The monoisotopic (exact) mass is 278 g/mol. The summed E-state index contributed by atoms with van der Waals surface area (Å²) in [6.45, 7) is 9.74. The van der Waals surface area contributed by atoms with Crippen LogP contribution in [0.1, 0.15) is 59.8 Å². The molecule has 0 saturated heterocycles. The maximum Gasteiger partial charge on any atom is 0.312 e. The van der Waals surface area contributed by atoms with Crippen LogP contribution in [0.25, 0.3) is 0 Å². The predicted octanol–water partition coefficient (Wildman–Crippen LogP) is 4.28. The Kier molecular flexibility index (Phi) is 3.63. The Bertz CT molecular complexity index is 387. The SMILES string of the molecule is CCCCC(CC)COC(=O)C12C(C)C3CC1C2C3C. The Balaban J connectivity index is 1.56. The van der Waals surface area contributed by atoms with Crippen LogP contribution in [-0.4, -0.2) is 12.6 Å². The number of hydrogen-bond donors (Lipinski definition) is 0. The molecule has 0 aromatic rings. The molecule has 4 aliphatic rings. The summed E-state index contributed by atoms with van der Waals surface area (Å²) in [5.41, 5.74) is -0.0485. The molecule has 0 radical (unpaired) electrons. The minimum Gasteiger partial charge on any atom is -0.465 e. The third-order valence-corrected chi connectivity index (χ3v) is 7.00. The van der Waals surface area contributed by atoms with E-state index in [1.807, 2.05) is 0 Å². The first-order chi connectivity index (χ1) is 9.58. The van der Waals surface area contributed by atoms with Gasteiger partial charge in [0.05, 0.1) is 12.0 Å². The van der Waals surface area contributed by atoms with E-state index in [0.717, 1.165) is 18.3 Å². The highest BCUT2D eigenvalue weighted by Crippen LogP contribution is 2.83. The summed E-state index contributed by atoms with van der Waals surface area (Å²) < 4.78 is 5.80. The Morgan fingerprint density at radius 2 is 2.10 bits per heavy atom. The first-order valence-corrected chi connectivity index (χ1v) is 8.76. The second kappa shape index (κ2) is 5.03. The summed E-state index contributed by atoms with van der Waals surface area (Å²) in [7, 11) is 0. The van der Waals surface area contributed by atoms with Gasteiger partial charge in [0, 0.05) is 0 Å². The fourth-order valence-electron chi connectivity index (χ4n) is 5.77. The van der Waals surface area contributed by atoms with Crippen molar-refractivity contribution in [1.82, 2.24) is 0 Å². The summed E-state index contributed by atoms with van der Waals surface area (Å²) in [6, 6.07) is 0. The standard InChI is InChI=1S/C18H30O2/c1-5-7-8-13(6-2)10-20-17(19)18-12(4)14-9-15(18)16(18)11(14)3/h11-16H,5-10H2,1-4H3. The molecule has 4 fully saturated rings. The smallest absolute Gasteiger partial charge is 0.312 e. The lowest BCUT2D eigenvalue weighted by atomic mass is 9.90. The number of esters is 1. The molecule has 0 spiro atoms. The highest BCUT2D eigenvalue weighted by molar-refractivity contribution is 5.84. The third kappa shape index (κ3) is 1.72. The van der Waals surface area contributed by atoms with Crippen LogP contribution < -0.4 is 0 Å². The molecule has 4 aliphatic carbocycles. The minimum absolute atomic E-state index is 0.0485. The first kappa shape index (κ1) is 14.4. The molecule has 0 amide bonds. The second-order valence-corrected chi connectivity index (χ2v) is 7.63. The van der Waals surface area contributed by atoms with Gasteiger partial charge in [0.15, 0.2) is 0 Å². The van der Waals surface area contributed by atoms with Crippen LogP contribution in [-0.2, 0) is 9.53 Å². The van der Waals surface area contributed by atoms with Crippen LogP contribution in [0.15, 0.2) is 0 Å². The molecule has 7 atom stereocenters. The second-order valence-electron chi connectivity index (χ2n) is 7.63. The summed E-state index contributed by atoms with van der Waals surface area (Å²) >= 11 is 0. The lowest BCUT2D eigenvalue weighted by Crippen LogP contribution is -2.27. The van der Waals surface area contributed by atoms with Gasteiger partial charge in [0.1, 0.15) is 0 Å². The van der Waals surface area contributed by atoms with E-state index in [1.54, 1.807) is 0 Å². The van der Waals surface area contributed by atoms with Gasteiger partial charge in [-0.3, -0.25) is 4.79 Å². The van der Waals surface area contributed by atoms with Crippen molar-refractivity contribution in [3.05, 3.63) is 0 Å². The van der Waals surface area contributed by atoms with Gasteiger partial charge in [-0.1, -0.05) is 47.0 Å². The fraction of sp³-hybridized carbons (Fsp3) is 0.944. The van der Waals surface area contributed by atoms with E-state index in [1.165, 1.54) is 25.7 Å². The van der Waals surface area contributed by atoms with E-state index in [0.29, 0.717) is 30.3 Å². The molecule has 4 bridgehead atoms. The van der Waals surface area contributed by atoms with Gasteiger partial charge in [0.2, 0.25) is 0 Å². The molecule has 4 saturated carbocycles. The third-order valence-electron chi connectivity index (χ3n) is 7.00. The van der Waals surface area contributed by atoms with Gasteiger partial charge < -0.3 is 4.74 Å². The van der Waals surface area contributed by atoms with Crippen molar-refractivity contribution in [3.8, 4) is 0 Å². The number of rotatable bonds is 7. The average Bonchev–Trinajstić information content (AvgIpc) is 2.75. The fourth-order valence-corrected chi connectivity index (χ4v) is 5.77. The summed E-state index contributed by atoms with van der Waals surface area (Å²) in [5.74, 6) is 4.16. The highest BCUT2D eigenvalue weighted by atomic mass is 16.5. The molecule has 0 aliphatic heterocycles. The number of ether oxygens (including phenoxy) is 1. The molecule has 0 N–H and O–H groups in total. The molecule has 0 aromatic heterocycles. The van der Waals surface area contributed by atoms with E-state index >= 15 is 0 Å². The lowest BCUT2D eigenvalue weighted by Gasteiger charge is -2.20. The van der Waals surface area contributed by atoms with Crippen LogP contribution in [0.5, 0.6) is 0 Å². The van der Waals surface area contributed by atoms with Crippen LogP contribution in [0, 0.1) is 40.9 Å². The summed E-state index contributed by atoms with van der Waals surface area (Å²) in [6.07, 6.45) is 6.10. The largest absolute Gasteiger partial charge is 0.465 e. The van der Waals surface area contributed by atoms with Crippen molar-refractivity contribution >= 4 is 5.97 Å². The number of hydrogen-bond acceptors (Lipinski definition) is 2. The molecular weight excluding hydrogens is 248 g/mol. The van der Waals surface area contributed by atoms with Gasteiger partial charge >= 0.3 is 5.97 Å². The zero-order valence-corrected chi connectivity index (χ0v) is 13.5. The Labute approximate surface area is 123 Å². The Hall–Kier alpha value is -0.530. The van der Waals surface area contributed by atoms with E-state index in [-0.39, 0.29) is 11.4 Å². The summed E-state index contributed by atoms with van der Waals surface area (Å²) in [4.78, 5) is 12.7. The number of unbranched alkanes of at least 4 members (excludes halogenated alkanes) is 1. The average molecular weight is 278 g/mol. The van der Waals surface area contributed by atoms with E-state index in [9.17, 15) is 4.79 Å². The van der Waals surface area contributed by atoms with Crippen molar-refractivity contribution in [2.24, 2.45) is 40.9 Å². The molecule has 7 unspecified atom stereocenters. The van der Waals surface area contributed by atoms with Crippen LogP contribution >= 0.6 is 0 Å². The van der Waals surface area contributed by atoms with Crippen molar-refractivity contribution in [1.29, 1.82) is 0 Å². The Morgan fingerprint density at radius 1 is 1.35 bits per heavy atom.